The third kappa shape index (κ3) is 3.38. The summed E-state index contributed by atoms with van der Waals surface area (Å²) >= 11 is 0. The second-order valence-electron chi connectivity index (χ2n) is 7.07. The molecule has 0 spiro atoms. The Kier molecular flexibility index (Phi) is 4.43. The molecule has 0 fully saturated rings. The highest BCUT2D eigenvalue weighted by Gasteiger charge is 2.16. The number of carbonyl (C=O) groups excluding carboxylic acids is 1. The van der Waals surface area contributed by atoms with Crippen molar-refractivity contribution < 1.29 is 4.79 Å². The molecular formula is C21H22N6O. The Labute approximate surface area is 163 Å². The standard InChI is InChI=1S/C21H22N6O/c1-13-8-16(4)27-20(23-13)19(11-22-27)21(28)24-18-7-5-6-17(10-18)12-26-15(3)9-14(2)25-26/h5-11H,12H2,1-4H3,(H,24,28). The van der Waals surface area contributed by atoms with Crippen LogP contribution in [0.4, 0.5) is 5.69 Å². The Hall–Kier alpha value is -3.48. The number of benzene rings is 1. The molecule has 0 saturated heterocycles. The van der Waals surface area contributed by atoms with E-state index < -0.39 is 0 Å². The molecule has 3 aromatic heterocycles. The predicted octanol–water partition coefficient (Wildman–Crippen LogP) is 3.46. The summed E-state index contributed by atoms with van der Waals surface area (Å²) in [5.74, 6) is -0.226. The molecule has 0 radical (unpaired) electrons. The van der Waals surface area contributed by atoms with Gasteiger partial charge in [0.15, 0.2) is 5.65 Å². The van der Waals surface area contributed by atoms with Crippen LogP contribution < -0.4 is 5.32 Å². The number of anilines is 1. The fraction of sp³-hybridized carbons (Fsp3) is 0.238. The molecular weight excluding hydrogens is 352 g/mol. The van der Waals surface area contributed by atoms with Crippen LogP contribution in [0.25, 0.3) is 5.65 Å². The number of hydrogen-bond acceptors (Lipinski definition) is 4. The van der Waals surface area contributed by atoms with E-state index in [1.54, 1.807) is 10.7 Å². The molecule has 0 bridgehead atoms. The number of carbonyl (C=O) groups is 1. The molecule has 4 rings (SSSR count). The SMILES string of the molecule is Cc1cc(C)n2ncc(C(=O)Nc3cccc(Cn4nc(C)cc4C)c3)c2n1. The van der Waals surface area contributed by atoms with Crippen molar-refractivity contribution in [3.05, 3.63) is 76.5 Å². The molecule has 0 atom stereocenters. The van der Waals surface area contributed by atoms with Crippen LogP contribution in [0.5, 0.6) is 0 Å². The molecule has 1 N–H and O–H groups in total. The minimum absolute atomic E-state index is 0.226. The van der Waals surface area contributed by atoms with E-state index in [0.717, 1.165) is 34.0 Å². The summed E-state index contributed by atoms with van der Waals surface area (Å²) in [5, 5.41) is 11.7. The third-order valence-electron chi connectivity index (χ3n) is 4.64. The van der Waals surface area contributed by atoms with Crippen molar-refractivity contribution >= 4 is 17.2 Å². The van der Waals surface area contributed by atoms with Crippen molar-refractivity contribution in [3.8, 4) is 0 Å². The minimum atomic E-state index is -0.226. The van der Waals surface area contributed by atoms with Crippen LogP contribution >= 0.6 is 0 Å². The number of nitrogens with one attached hydrogen (secondary N) is 1. The van der Waals surface area contributed by atoms with Crippen LogP contribution in [0.15, 0.2) is 42.6 Å². The molecule has 0 saturated carbocycles. The van der Waals surface area contributed by atoms with Crippen LogP contribution in [0.3, 0.4) is 0 Å². The second-order valence-corrected chi connectivity index (χ2v) is 7.07. The quantitative estimate of drug-likeness (QED) is 0.593. The Morgan fingerprint density at radius 2 is 1.82 bits per heavy atom. The Balaban J connectivity index is 1.58. The van der Waals surface area contributed by atoms with E-state index in [1.807, 2.05) is 68.8 Å². The van der Waals surface area contributed by atoms with Crippen molar-refractivity contribution in [2.75, 3.05) is 5.32 Å². The maximum atomic E-state index is 12.8. The summed E-state index contributed by atoms with van der Waals surface area (Å²) in [6.45, 7) is 8.52. The van der Waals surface area contributed by atoms with E-state index in [0.29, 0.717) is 17.8 Å². The molecule has 4 aromatic rings. The molecule has 28 heavy (non-hydrogen) atoms. The van der Waals surface area contributed by atoms with Crippen molar-refractivity contribution in [1.29, 1.82) is 0 Å². The first-order valence-corrected chi connectivity index (χ1v) is 9.14. The third-order valence-corrected chi connectivity index (χ3v) is 4.64. The lowest BCUT2D eigenvalue weighted by atomic mass is 10.2. The van der Waals surface area contributed by atoms with Crippen LogP contribution in [-0.4, -0.2) is 30.3 Å². The molecule has 142 valence electrons. The van der Waals surface area contributed by atoms with Crippen LogP contribution in [0.2, 0.25) is 0 Å². The maximum Gasteiger partial charge on any atom is 0.261 e. The molecule has 3 heterocycles. The van der Waals surface area contributed by atoms with Gasteiger partial charge in [0.1, 0.15) is 5.56 Å². The first-order chi connectivity index (χ1) is 13.4. The lowest BCUT2D eigenvalue weighted by Gasteiger charge is -2.09. The number of amides is 1. The zero-order valence-electron chi connectivity index (χ0n) is 16.4. The van der Waals surface area contributed by atoms with Gasteiger partial charge in [-0.15, -0.1) is 0 Å². The fourth-order valence-corrected chi connectivity index (χ4v) is 3.38. The Morgan fingerprint density at radius 3 is 2.57 bits per heavy atom. The van der Waals surface area contributed by atoms with Crippen LogP contribution in [0.1, 0.15) is 38.7 Å². The summed E-state index contributed by atoms with van der Waals surface area (Å²) in [7, 11) is 0. The van der Waals surface area contributed by atoms with Gasteiger partial charge in [-0.05, 0) is 57.5 Å². The predicted molar refractivity (Wildman–Crippen MR) is 108 cm³/mol. The highest BCUT2D eigenvalue weighted by atomic mass is 16.1. The van der Waals surface area contributed by atoms with Crippen molar-refractivity contribution in [3.63, 3.8) is 0 Å². The van der Waals surface area contributed by atoms with E-state index in [1.165, 1.54) is 0 Å². The summed E-state index contributed by atoms with van der Waals surface area (Å²) in [6.07, 6.45) is 1.56. The zero-order chi connectivity index (χ0) is 19.8. The molecule has 1 aromatic carbocycles. The smallest absolute Gasteiger partial charge is 0.261 e. The lowest BCUT2D eigenvalue weighted by molar-refractivity contribution is 0.102. The average molecular weight is 374 g/mol. The lowest BCUT2D eigenvalue weighted by Crippen LogP contribution is -2.13. The number of aryl methyl sites for hydroxylation is 4. The molecule has 7 nitrogen and oxygen atoms in total. The van der Waals surface area contributed by atoms with Gasteiger partial charge in [0.05, 0.1) is 18.4 Å². The summed E-state index contributed by atoms with van der Waals surface area (Å²) in [5.41, 5.74) is 6.70. The number of aromatic nitrogens is 5. The van der Waals surface area contributed by atoms with Gasteiger partial charge < -0.3 is 5.32 Å². The molecule has 1 amide bonds. The molecule has 0 aliphatic carbocycles. The molecule has 7 heteroatoms. The van der Waals surface area contributed by atoms with Crippen molar-refractivity contribution in [2.45, 2.75) is 34.2 Å². The van der Waals surface area contributed by atoms with Crippen molar-refractivity contribution in [2.24, 2.45) is 0 Å². The van der Waals surface area contributed by atoms with Crippen molar-refractivity contribution in [1.82, 2.24) is 24.4 Å². The highest BCUT2D eigenvalue weighted by molar-refractivity contribution is 6.08. The topological polar surface area (TPSA) is 77.1 Å². The maximum absolute atomic E-state index is 12.8. The molecule has 0 aliphatic rings. The van der Waals surface area contributed by atoms with Gasteiger partial charge in [-0.2, -0.15) is 10.2 Å². The second kappa shape index (κ2) is 6.92. The van der Waals surface area contributed by atoms with Gasteiger partial charge >= 0.3 is 0 Å². The molecule has 0 aliphatic heterocycles. The van der Waals surface area contributed by atoms with E-state index in [2.05, 4.69) is 20.5 Å². The van der Waals surface area contributed by atoms with Gasteiger partial charge in [0.2, 0.25) is 0 Å². The number of fused-ring (bicyclic) bond motifs is 1. The number of hydrogen-bond donors (Lipinski definition) is 1. The first-order valence-electron chi connectivity index (χ1n) is 9.14. The van der Waals surface area contributed by atoms with E-state index in [4.69, 9.17) is 0 Å². The summed E-state index contributed by atoms with van der Waals surface area (Å²) in [4.78, 5) is 17.3. The van der Waals surface area contributed by atoms with Gasteiger partial charge in [-0.3, -0.25) is 9.48 Å². The Bertz CT molecular complexity index is 1190. The molecule has 0 unspecified atom stereocenters. The zero-order valence-corrected chi connectivity index (χ0v) is 16.4. The van der Waals surface area contributed by atoms with Gasteiger partial charge in [-0.1, -0.05) is 12.1 Å². The monoisotopic (exact) mass is 374 g/mol. The highest BCUT2D eigenvalue weighted by Crippen LogP contribution is 2.17. The fourth-order valence-electron chi connectivity index (χ4n) is 3.38. The van der Waals surface area contributed by atoms with Crippen LogP contribution in [0, 0.1) is 27.7 Å². The van der Waals surface area contributed by atoms with Gasteiger partial charge in [0.25, 0.3) is 5.91 Å². The van der Waals surface area contributed by atoms with Crippen LogP contribution in [-0.2, 0) is 6.54 Å². The van der Waals surface area contributed by atoms with E-state index >= 15 is 0 Å². The normalized spacial score (nSPS) is 11.1. The summed E-state index contributed by atoms with van der Waals surface area (Å²) < 4.78 is 3.64. The van der Waals surface area contributed by atoms with E-state index in [-0.39, 0.29) is 5.91 Å². The number of nitrogens with zero attached hydrogens (tertiary/aromatic N) is 5. The summed E-state index contributed by atoms with van der Waals surface area (Å²) in [6, 6.07) is 11.8. The average Bonchev–Trinajstić information content (AvgIpc) is 3.18. The Morgan fingerprint density at radius 1 is 1.04 bits per heavy atom. The minimum Gasteiger partial charge on any atom is -0.322 e. The van der Waals surface area contributed by atoms with Gasteiger partial charge in [0, 0.05) is 22.8 Å². The van der Waals surface area contributed by atoms with Gasteiger partial charge in [-0.25, -0.2) is 9.50 Å². The van der Waals surface area contributed by atoms with E-state index in [9.17, 15) is 4.79 Å². The number of rotatable bonds is 4. The first kappa shape index (κ1) is 17.9. The largest absolute Gasteiger partial charge is 0.322 e.